The van der Waals surface area contributed by atoms with Crippen LogP contribution in [-0.4, -0.2) is 0 Å². The van der Waals surface area contributed by atoms with Crippen molar-refractivity contribution in [3.63, 3.8) is 0 Å². The molecule has 0 heterocycles. The van der Waals surface area contributed by atoms with Gasteiger partial charge in [-0.25, -0.2) is 0 Å². The molecule has 0 bridgehead atoms. The van der Waals surface area contributed by atoms with Gasteiger partial charge in [-0.05, 0) is 0 Å². The summed E-state index contributed by atoms with van der Waals surface area (Å²) in [6.07, 6.45) is 2.64. The standard InChI is InChI=1S/C4H10.U.4Y/c1-3-4-2;;;;;/h3-4H2,1-2H3;;;;;. The SMILES string of the molecule is CCCC.[U].[Y].[Y].[Y].[Y]. The van der Waals surface area contributed by atoms with Gasteiger partial charge in [-0.2, -0.15) is 0 Å². The number of hydrogen-bond donors (Lipinski definition) is 0. The molecule has 0 N–H and O–H groups in total. The molecule has 0 aliphatic rings. The first-order valence-electron chi connectivity index (χ1n) is 1.91. The third kappa shape index (κ3) is 42.3. The summed E-state index contributed by atoms with van der Waals surface area (Å²) in [7, 11) is 0. The van der Waals surface area contributed by atoms with E-state index in [-0.39, 0.29) is 162 Å². The van der Waals surface area contributed by atoms with Crippen LogP contribution < -0.4 is 0 Å². The van der Waals surface area contributed by atoms with Crippen molar-refractivity contribution in [2.24, 2.45) is 0 Å². The maximum Gasteiger partial charge on any atom is 0 e. The van der Waals surface area contributed by atoms with Crippen LogP contribution in [0.15, 0.2) is 0 Å². The van der Waals surface area contributed by atoms with Crippen molar-refractivity contribution in [2.75, 3.05) is 0 Å². The zero-order valence-electron chi connectivity index (χ0n) is 6.22. The first-order chi connectivity index (χ1) is 1.91. The van der Waals surface area contributed by atoms with Crippen molar-refractivity contribution in [1.29, 1.82) is 0 Å². The molecule has 4 radical (unpaired) electrons. The zero-order chi connectivity index (χ0) is 3.41. The summed E-state index contributed by atoms with van der Waals surface area (Å²) in [5, 5.41) is 0. The molecule has 0 fully saturated rings. The Labute approximate surface area is 183 Å². The van der Waals surface area contributed by atoms with Crippen LogP contribution in [0.4, 0.5) is 0 Å². The van der Waals surface area contributed by atoms with Gasteiger partial charge in [0.1, 0.15) is 0 Å². The van der Waals surface area contributed by atoms with E-state index < -0.39 is 0 Å². The van der Waals surface area contributed by atoms with Crippen molar-refractivity contribution >= 4 is 0 Å². The van der Waals surface area contributed by atoms with Gasteiger partial charge in [0.05, 0.1) is 0 Å². The van der Waals surface area contributed by atoms with Crippen molar-refractivity contribution < 1.29 is 162 Å². The summed E-state index contributed by atoms with van der Waals surface area (Å²) in [5.74, 6) is 0. The molecular weight excluding hydrogens is 642 g/mol. The van der Waals surface area contributed by atoms with Gasteiger partial charge in [0.15, 0.2) is 0 Å². The summed E-state index contributed by atoms with van der Waals surface area (Å²) in [4.78, 5) is 0. The smallest absolute Gasteiger partial charge is 0 e. The Hall–Kier alpha value is 5.47. The molecule has 0 aromatic carbocycles. The van der Waals surface area contributed by atoms with Crippen LogP contribution in [0.2, 0.25) is 0 Å². The Morgan fingerprint density at radius 2 is 0.778 bits per heavy atom. The Morgan fingerprint density at radius 1 is 0.667 bits per heavy atom. The molecule has 9 heavy (non-hydrogen) atoms. The topological polar surface area (TPSA) is 0 Å². The predicted molar refractivity (Wildman–Crippen MR) is 20.6 cm³/mol. The van der Waals surface area contributed by atoms with Crippen LogP contribution in [0.5, 0.6) is 0 Å². The fourth-order valence-electron chi connectivity index (χ4n) is 0. The molecular formula is C4H10UY4. The molecule has 0 unspecified atom stereocenters. The van der Waals surface area contributed by atoms with E-state index in [4.69, 9.17) is 0 Å². The zero-order valence-corrected chi connectivity index (χ0v) is 21.7. The Morgan fingerprint density at radius 3 is 0.778 bits per heavy atom. The number of unbranched alkanes of at least 4 members (excludes halogenated alkanes) is 1. The molecule has 0 aromatic heterocycles. The minimum absolute atomic E-state index is 0. The first kappa shape index (κ1) is 36.6. The largest absolute Gasteiger partial charge is 0.0654 e. The van der Waals surface area contributed by atoms with Crippen LogP contribution in [-0.2, 0) is 131 Å². The Bertz CT molecular complexity index is 14.5. The van der Waals surface area contributed by atoms with E-state index in [9.17, 15) is 0 Å². The average Bonchev–Trinajstić information content (AvgIpc) is 1.37. The summed E-state index contributed by atoms with van der Waals surface area (Å²) < 4.78 is 0. The fraction of sp³-hybridized carbons (Fsp3) is 1.00. The van der Waals surface area contributed by atoms with Crippen LogP contribution in [0.3, 0.4) is 0 Å². The van der Waals surface area contributed by atoms with Crippen LogP contribution >= 0.6 is 0 Å². The predicted octanol–water partition coefficient (Wildman–Crippen LogP) is 1.80. The van der Waals surface area contributed by atoms with Gasteiger partial charge in [-0.1, -0.05) is 26.7 Å². The molecule has 0 atom stereocenters. The molecule has 0 nitrogen and oxygen atoms in total. The van der Waals surface area contributed by atoms with Gasteiger partial charge in [-0.3, -0.25) is 0 Å². The van der Waals surface area contributed by atoms with E-state index in [2.05, 4.69) is 13.8 Å². The first-order valence-corrected chi connectivity index (χ1v) is 1.91. The van der Waals surface area contributed by atoms with Crippen LogP contribution in [0, 0.1) is 31.1 Å². The normalized spacial score (nSPS) is 3.33. The van der Waals surface area contributed by atoms with Gasteiger partial charge < -0.3 is 0 Å². The molecule has 0 aliphatic carbocycles. The minimum atomic E-state index is 0. The van der Waals surface area contributed by atoms with E-state index in [0.717, 1.165) is 0 Å². The minimum Gasteiger partial charge on any atom is -0.0654 e. The van der Waals surface area contributed by atoms with E-state index >= 15 is 0 Å². The van der Waals surface area contributed by atoms with Gasteiger partial charge in [0.2, 0.25) is 0 Å². The molecule has 42 valence electrons. The molecule has 5 heteroatoms. The second-order valence-corrected chi connectivity index (χ2v) is 1.000. The fourth-order valence-corrected chi connectivity index (χ4v) is 0. The summed E-state index contributed by atoms with van der Waals surface area (Å²) in [6, 6.07) is 0. The molecule has 0 aromatic rings. The van der Waals surface area contributed by atoms with E-state index in [1.807, 2.05) is 0 Å². The van der Waals surface area contributed by atoms with E-state index in [1.54, 1.807) is 0 Å². The monoisotopic (exact) mass is 652 g/mol. The second kappa shape index (κ2) is 37.5. The average molecular weight is 652 g/mol. The molecule has 0 saturated carbocycles. The summed E-state index contributed by atoms with van der Waals surface area (Å²) in [6.45, 7) is 4.36. The summed E-state index contributed by atoms with van der Waals surface area (Å²) in [5.41, 5.74) is 0. The third-order valence-corrected chi connectivity index (χ3v) is 0.500. The van der Waals surface area contributed by atoms with Gasteiger partial charge >= 0.3 is 0 Å². The van der Waals surface area contributed by atoms with Crippen molar-refractivity contribution in [1.82, 2.24) is 0 Å². The molecule has 0 amide bonds. The van der Waals surface area contributed by atoms with Crippen LogP contribution in [0.1, 0.15) is 26.7 Å². The van der Waals surface area contributed by atoms with Gasteiger partial charge in [0.25, 0.3) is 0 Å². The molecule has 0 aliphatic heterocycles. The van der Waals surface area contributed by atoms with E-state index in [0.29, 0.717) is 0 Å². The number of hydrogen-bond acceptors (Lipinski definition) is 0. The maximum absolute atomic E-state index is 2.18. The van der Waals surface area contributed by atoms with E-state index in [1.165, 1.54) is 12.8 Å². The van der Waals surface area contributed by atoms with Crippen LogP contribution in [0.25, 0.3) is 0 Å². The quantitative estimate of drug-likeness (QED) is 0.406. The van der Waals surface area contributed by atoms with Crippen molar-refractivity contribution in [3.8, 4) is 0 Å². The number of rotatable bonds is 1. The van der Waals surface area contributed by atoms with Crippen molar-refractivity contribution in [2.45, 2.75) is 26.7 Å². The molecule has 0 rings (SSSR count). The second-order valence-electron chi connectivity index (χ2n) is 1.000. The Kier molecular flexibility index (Phi) is 153. The Balaban J connectivity index is -0.00000000450. The van der Waals surface area contributed by atoms with Crippen molar-refractivity contribution in [3.05, 3.63) is 0 Å². The summed E-state index contributed by atoms with van der Waals surface area (Å²) >= 11 is 0. The molecule has 0 saturated heterocycles. The third-order valence-electron chi connectivity index (χ3n) is 0.500. The van der Waals surface area contributed by atoms with Gasteiger partial charge in [-0.15, -0.1) is 0 Å². The molecule has 0 spiro atoms. The van der Waals surface area contributed by atoms with Gasteiger partial charge in [0, 0.05) is 162 Å². The maximum atomic E-state index is 2.18.